The molecule has 0 N–H and O–H groups in total. The Bertz CT molecular complexity index is 1330. The highest BCUT2D eigenvalue weighted by molar-refractivity contribution is 6.23. The summed E-state index contributed by atoms with van der Waals surface area (Å²) in [5.74, 6) is 0.137. The maximum Gasteiger partial charge on any atom is 0.340 e. The maximum absolute atomic E-state index is 13.4. The Morgan fingerprint density at radius 3 is 2.29 bits per heavy atom. The number of carbonyl (C=O) groups excluding carboxylic acids is 2. The highest BCUT2D eigenvalue weighted by atomic mass is 16.6. The molecule has 0 atom stereocenters. The van der Waals surface area contributed by atoms with E-state index in [4.69, 9.17) is 9.47 Å². The van der Waals surface area contributed by atoms with E-state index in [0.717, 1.165) is 0 Å². The van der Waals surface area contributed by atoms with E-state index >= 15 is 0 Å². The number of amides is 1. The summed E-state index contributed by atoms with van der Waals surface area (Å²) >= 11 is 0. The van der Waals surface area contributed by atoms with Crippen LogP contribution in [0.5, 0.6) is 11.5 Å². The lowest BCUT2D eigenvalue weighted by atomic mass is 10.0. The molecule has 1 aliphatic heterocycles. The molecule has 34 heavy (non-hydrogen) atoms. The number of esters is 1. The van der Waals surface area contributed by atoms with E-state index < -0.39 is 16.8 Å². The second-order valence-corrected chi connectivity index (χ2v) is 7.41. The number of non-ortho nitro benzene ring substituents is 1. The van der Waals surface area contributed by atoms with Crippen molar-refractivity contribution in [3.05, 3.63) is 111 Å². The zero-order valence-corrected chi connectivity index (χ0v) is 18.4. The van der Waals surface area contributed by atoms with Gasteiger partial charge in [0.25, 0.3) is 11.6 Å². The fourth-order valence-corrected chi connectivity index (χ4v) is 3.67. The van der Waals surface area contributed by atoms with Crippen LogP contribution in [0.25, 0.3) is 6.08 Å². The van der Waals surface area contributed by atoms with Crippen LogP contribution in [0.3, 0.4) is 0 Å². The standard InChI is InChI=1S/C26H20N2O6/c1-17-24(26(30)33-2)23(25(29)27(17)19-11-13-20(14-12-19)28(31)32)16-18-7-6-10-22(15-18)34-21-8-4-3-5-9-21/h3-16H,1-2H3. The van der Waals surface area contributed by atoms with Gasteiger partial charge in [-0.2, -0.15) is 0 Å². The van der Waals surface area contributed by atoms with Crippen LogP contribution in [-0.4, -0.2) is 23.9 Å². The van der Waals surface area contributed by atoms with Crippen LogP contribution < -0.4 is 9.64 Å². The number of para-hydroxylation sites is 1. The molecule has 8 nitrogen and oxygen atoms in total. The molecule has 0 saturated heterocycles. The van der Waals surface area contributed by atoms with Gasteiger partial charge < -0.3 is 9.47 Å². The Balaban J connectivity index is 1.72. The summed E-state index contributed by atoms with van der Waals surface area (Å²) in [5.41, 5.74) is 1.60. The van der Waals surface area contributed by atoms with E-state index in [1.54, 1.807) is 37.3 Å². The third kappa shape index (κ3) is 4.42. The molecule has 0 aromatic heterocycles. The zero-order chi connectivity index (χ0) is 24.2. The number of allylic oxidation sites excluding steroid dienone is 1. The van der Waals surface area contributed by atoms with Crippen LogP contribution in [0.15, 0.2) is 95.7 Å². The number of benzene rings is 3. The van der Waals surface area contributed by atoms with Gasteiger partial charge in [0.1, 0.15) is 11.5 Å². The van der Waals surface area contributed by atoms with Gasteiger partial charge in [-0.1, -0.05) is 30.3 Å². The van der Waals surface area contributed by atoms with E-state index in [1.165, 1.54) is 36.3 Å². The first kappa shape index (κ1) is 22.5. The summed E-state index contributed by atoms with van der Waals surface area (Å²) < 4.78 is 10.8. The van der Waals surface area contributed by atoms with E-state index in [2.05, 4.69) is 0 Å². The molecule has 0 aliphatic carbocycles. The topological polar surface area (TPSA) is 99.0 Å². The lowest BCUT2D eigenvalue weighted by Crippen LogP contribution is -2.24. The number of rotatable bonds is 6. The number of carbonyl (C=O) groups is 2. The SMILES string of the molecule is COC(=O)C1=C(C)N(c2ccc([N+](=O)[O-])cc2)C(=O)C1=Cc1cccc(Oc2ccccc2)c1. The number of hydrogen-bond acceptors (Lipinski definition) is 6. The van der Waals surface area contributed by atoms with Gasteiger partial charge in [0.2, 0.25) is 0 Å². The highest BCUT2D eigenvalue weighted by Gasteiger charge is 2.38. The van der Waals surface area contributed by atoms with Crippen LogP contribution in [0.1, 0.15) is 12.5 Å². The van der Waals surface area contributed by atoms with Crippen LogP contribution >= 0.6 is 0 Å². The number of ether oxygens (including phenoxy) is 2. The summed E-state index contributed by atoms with van der Waals surface area (Å²) in [5, 5.41) is 11.0. The van der Waals surface area contributed by atoms with Crippen molar-refractivity contribution in [1.82, 2.24) is 0 Å². The van der Waals surface area contributed by atoms with E-state index in [0.29, 0.717) is 28.4 Å². The minimum atomic E-state index is -0.654. The predicted molar refractivity (Wildman–Crippen MR) is 126 cm³/mol. The Hall–Kier alpha value is -4.72. The van der Waals surface area contributed by atoms with Gasteiger partial charge in [-0.25, -0.2) is 4.79 Å². The third-order valence-electron chi connectivity index (χ3n) is 5.26. The average Bonchev–Trinajstić information content (AvgIpc) is 3.08. The van der Waals surface area contributed by atoms with Gasteiger partial charge in [0.05, 0.1) is 23.2 Å². The Labute approximate surface area is 195 Å². The largest absolute Gasteiger partial charge is 0.465 e. The van der Waals surface area contributed by atoms with Crippen molar-refractivity contribution in [3.63, 3.8) is 0 Å². The molecule has 3 aromatic carbocycles. The normalized spacial score (nSPS) is 14.5. The zero-order valence-electron chi connectivity index (χ0n) is 18.4. The minimum Gasteiger partial charge on any atom is -0.465 e. The summed E-state index contributed by atoms with van der Waals surface area (Å²) in [7, 11) is 1.24. The predicted octanol–water partition coefficient (Wildman–Crippen LogP) is 5.26. The second kappa shape index (κ2) is 9.41. The molecule has 0 spiro atoms. The quantitative estimate of drug-likeness (QED) is 0.217. The lowest BCUT2D eigenvalue weighted by molar-refractivity contribution is -0.384. The molecular weight excluding hydrogens is 436 g/mol. The first-order valence-electron chi connectivity index (χ1n) is 10.3. The van der Waals surface area contributed by atoms with Gasteiger partial charge in [0, 0.05) is 23.5 Å². The highest BCUT2D eigenvalue weighted by Crippen LogP contribution is 2.36. The molecule has 0 saturated carbocycles. The fourth-order valence-electron chi connectivity index (χ4n) is 3.67. The number of methoxy groups -OCH3 is 1. The Morgan fingerprint density at radius 1 is 0.971 bits per heavy atom. The molecule has 1 heterocycles. The first-order chi connectivity index (χ1) is 16.4. The molecule has 1 aliphatic rings. The fraction of sp³-hybridized carbons (Fsp3) is 0.0769. The molecule has 170 valence electrons. The number of nitro benzene ring substituents is 1. The molecule has 8 heteroatoms. The van der Waals surface area contributed by atoms with Gasteiger partial charge in [-0.05, 0) is 55.0 Å². The lowest BCUT2D eigenvalue weighted by Gasteiger charge is -2.17. The first-order valence-corrected chi connectivity index (χ1v) is 10.3. The molecule has 1 amide bonds. The van der Waals surface area contributed by atoms with Crippen molar-refractivity contribution in [1.29, 1.82) is 0 Å². The monoisotopic (exact) mass is 456 g/mol. The van der Waals surface area contributed by atoms with Gasteiger partial charge in [-0.15, -0.1) is 0 Å². The van der Waals surface area contributed by atoms with Crippen molar-refractivity contribution >= 4 is 29.3 Å². The van der Waals surface area contributed by atoms with Crippen LogP contribution in [0.2, 0.25) is 0 Å². The maximum atomic E-state index is 13.4. The smallest absolute Gasteiger partial charge is 0.340 e. The minimum absolute atomic E-state index is 0.101. The Kier molecular flexibility index (Phi) is 6.22. The number of anilines is 1. The van der Waals surface area contributed by atoms with Gasteiger partial charge in [0.15, 0.2) is 0 Å². The Morgan fingerprint density at radius 2 is 1.65 bits per heavy atom. The van der Waals surface area contributed by atoms with Crippen molar-refractivity contribution in [3.8, 4) is 11.5 Å². The summed E-state index contributed by atoms with van der Waals surface area (Å²) in [6, 6.07) is 21.9. The molecular formula is C26H20N2O6. The van der Waals surface area contributed by atoms with E-state index in [9.17, 15) is 19.7 Å². The van der Waals surface area contributed by atoms with Crippen molar-refractivity contribution < 1.29 is 24.0 Å². The van der Waals surface area contributed by atoms with E-state index in [-0.39, 0.29) is 16.8 Å². The average molecular weight is 456 g/mol. The van der Waals surface area contributed by atoms with Crippen LogP contribution in [0, 0.1) is 10.1 Å². The summed E-state index contributed by atoms with van der Waals surface area (Å²) in [6.45, 7) is 1.63. The van der Waals surface area contributed by atoms with E-state index in [1.807, 2.05) is 30.3 Å². The number of hydrogen-bond donors (Lipinski definition) is 0. The third-order valence-corrected chi connectivity index (χ3v) is 5.26. The second-order valence-electron chi connectivity index (χ2n) is 7.41. The molecule has 0 unspecified atom stereocenters. The molecule has 0 fully saturated rings. The number of nitrogens with zero attached hydrogens (tertiary/aromatic N) is 2. The van der Waals surface area contributed by atoms with Crippen molar-refractivity contribution in [2.75, 3.05) is 12.0 Å². The van der Waals surface area contributed by atoms with Gasteiger partial charge >= 0.3 is 5.97 Å². The van der Waals surface area contributed by atoms with Crippen LogP contribution in [-0.2, 0) is 14.3 Å². The molecule has 0 radical (unpaired) electrons. The molecule has 4 rings (SSSR count). The van der Waals surface area contributed by atoms with Crippen molar-refractivity contribution in [2.24, 2.45) is 0 Å². The van der Waals surface area contributed by atoms with Crippen molar-refractivity contribution in [2.45, 2.75) is 6.92 Å². The summed E-state index contributed by atoms with van der Waals surface area (Å²) in [6.07, 6.45) is 1.60. The molecule has 3 aromatic rings. The van der Waals surface area contributed by atoms with Crippen LogP contribution in [0.4, 0.5) is 11.4 Å². The number of nitro groups is 1. The molecule has 0 bridgehead atoms. The van der Waals surface area contributed by atoms with Gasteiger partial charge in [-0.3, -0.25) is 19.8 Å². The summed E-state index contributed by atoms with van der Waals surface area (Å²) in [4.78, 5) is 37.8.